The van der Waals surface area contributed by atoms with Gasteiger partial charge in [-0.1, -0.05) is 85.6 Å². The molecule has 0 aliphatic carbocycles. The lowest BCUT2D eigenvalue weighted by Crippen LogP contribution is -2.49. The van der Waals surface area contributed by atoms with E-state index in [1.165, 1.54) is 18.9 Å². The summed E-state index contributed by atoms with van der Waals surface area (Å²) in [4.78, 5) is 0. The lowest BCUT2D eigenvalue weighted by molar-refractivity contribution is -0.928. The van der Waals surface area contributed by atoms with E-state index in [0.29, 0.717) is 28.8 Å². The second kappa shape index (κ2) is 19.8. The van der Waals surface area contributed by atoms with E-state index >= 15 is 0 Å². The molecule has 1 aromatic rings. The Labute approximate surface area is 235 Å². The number of likely N-dealkylation sites (N-methyl/N-ethyl adjacent to an activating group) is 1. The monoisotopic (exact) mass is 561 g/mol. The molecule has 2 nitrogen and oxygen atoms in total. The number of rotatable bonds is 7. The number of allylic oxidation sites excluding steroid dienone is 3. The predicted molar refractivity (Wildman–Crippen MR) is 158 cm³/mol. The molecule has 1 aliphatic heterocycles. The van der Waals surface area contributed by atoms with Crippen molar-refractivity contribution in [3.63, 3.8) is 0 Å². The van der Waals surface area contributed by atoms with Gasteiger partial charge in [-0.15, -0.1) is 0 Å². The highest BCUT2D eigenvalue weighted by atomic mass is 19.4. The number of nitrogens with zero attached hydrogens (tertiary/aromatic N) is 1. The Morgan fingerprint density at radius 2 is 1.67 bits per heavy atom. The number of hydrogen-bond acceptors (Lipinski definition) is 1. The third kappa shape index (κ3) is 14.2. The van der Waals surface area contributed by atoms with Crippen LogP contribution in [0.3, 0.4) is 0 Å². The molecule has 0 saturated carbocycles. The van der Waals surface area contributed by atoms with Crippen molar-refractivity contribution in [3.05, 3.63) is 70.5 Å². The third-order valence-electron chi connectivity index (χ3n) is 6.72. The first kappa shape index (κ1) is 39.0. The van der Waals surface area contributed by atoms with Gasteiger partial charge >= 0.3 is 6.18 Å². The Morgan fingerprint density at radius 3 is 2.10 bits per heavy atom. The number of quaternary nitrogens is 1. The molecule has 0 amide bonds. The largest absolute Gasteiger partial charge is 0.416 e. The molecular weight excluding hydrogens is 507 g/mol. The van der Waals surface area contributed by atoms with E-state index < -0.39 is 24.6 Å². The second-order valence-electron chi connectivity index (χ2n) is 9.79. The van der Waals surface area contributed by atoms with Crippen LogP contribution in [-0.4, -0.2) is 31.0 Å². The first-order valence-corrected chi connectivity index (χ1v) is 14.3. The van der Waals surface area contributed by atoms with Crippen molar-refractivity contribution in [2.75, 3.05) is 20.1 Å². The third-order valence-corrected chi connectivity index (χ3v) is 6.72. The van der Waals surface area contributed by atoms with E-state index in [4.69, 9.17) is 5.73 Å². The number of halogens is 5. The van der Waals surface area contributed by atoms with Gasteiger partial charge in [0, 0.05) is 24.1 Å². The van der Waals surface area contributed by atoms with Gasteiger partial charge in [0.1, 0.15) is 6.04 Å². The van der Waals surface area contributed by atoms with E-state index in [2.05, 4.69) is 20.8 Å². The van der Waals surface area contributed by atoms with Gasteiger partial charge in [-0.05, 0) is 49.1 Å². The van der Waals surface area contributed by atoms with Crippen molar-refractivity contribution in [1.82, 2.24) is 0 Å². The molecule has 7 heteroatoms. The van der Waals surface area contributed by atoms with Crippen LogP contribution in [0.1, 0.15) is 104 Å². The SMILES string of the molecule is C/C(N)=C\C[N+]1(C)CC/C=C\C=C(/C)C1c1ccc(C(F)(F)F)cc1CC(F)F.CC.CC.CCC(C)CC. The van der Waals surface area contributed by atoms with Crippen LogP contribution in [0.5, 0.6) is 0 Å². The Morgan fingerprint density at radius 1 is 1.10 bits per heavy atom. The minimum absolute atomic E-state index is 0.0370. The van der Waals surface area contributed by atoms with Gasteiger partial charge in [-0.3, -0.25) is 0 Å². The van der Waals surface area contributed by atoms with Crippen LogP contribution in [0.2, 0.25) is 0 Å². The Hall–Kier alpha value is -2.15. The molecule has 0 spiro atoms. The van der Waals surface area contributed by atoms with Crippen molar-refractivity contribution in [2.24, 2.45) is 11.7 Å². The summed E-state index contributed by atoms with van der Waals surface area (Å²) >= 11 is 0. The van der Waals surface area contributed by atoms with Gasteiger partial charge in [-0.25, -0.2) is 8.78 Å². The molecule has 226 valence electrons. The zero-order chi connectivity index (χ0) is 30.8. The summed E-state index contributed by atoms with van der Waals surface area (Å²) in [5.41, 5.74) is 7.00. The van der Waals surface area contributed by atoms with E-state index in [9.17, 15) is 22.0 Å². The quantitative estimate of drug-likeness (QED) is 0.260. The number of alkyl halides is 5. The Bertz CT molecular complexity index is 879. The normalized spacial score (nSPS) is 21.6. The highest BCUT2D eigenvalue weighted by Gasteiger charge is 2.38. The summed E-state index contributed by atoms with van der Waals surface area (Å²) in [5.74, 6) is 0.935. The smallest absolute Gasteiger partial charge is 0.402 e. The van der Waals surface area contributed by atoms with Crippen molar-refractivity contribution in [3.8, 4) is 0 Å². The summed E-state index contributed by atoms with van der Waals surface area (Å²) in [5, 5.41) is 0. The van der Waals surface area contributed by atoms with Gasteiger partial charge in [0.25, 0.3) is 0 Å². The molecule has 0 aromatic heterocycles. The van der Waals surface area contributed by atoms with Crippen LogP contribution >= 0.6 is 0 Å². The average molecular weight is 562 g/mol. The fraction of sp³-hybridized carbons (Fsp3) is 0.625. The lowest BCUT2D eigenvalue weighted by atomic mass is 9.88. The molecule has 1 heterocycles. The second-order valence-corrected chi connectivity index (χ2v) is 9.79. The molecule has 0 bridgehead atoms. The van der Waals surface area contributed by atoms with E-state index in [1.54, 1.807) is 6.92 Å². The van der Waals surface area contributed by atoms with Crippen molar-refractivity contribution in [1.29, 1.82) is 0 Å². The summed E-state index contributed by atoms with van der Waals surface area (Å²) in [7, 11) is 1.99. The van der Waals surface area contributed by atoms with Gasteiger partial charge in [-0.2, -0.15) is 13.2 Å². The maximum Gasteiger partial charge on any atom is 0.416 e. The summed E-state index contributed by atoms with van der Waals surface area (Å²) in [6.45, 7) is 19.6. The molecule has 2 unspecified atom stereocenters. The maximum absolute atomic E-state index is 13.2. The van der Waals surface area contributed by atoms with Gasteiger partial charge in [0.2, 0.25) is 6.43 Å². The number of benzene rings is 1. The molecule has 0 fully saturated rings. The molecular formula is C32H54F5N2+. The van der Waals surface area contributed by atoms with Crippen LogP contribution in [-0.2, 0) is 12.6 Å². The van der Waals surface area contributed by atoms with E-state index in [0.717, 1.165) is 30.0 Å². The Kier molecular flexibility index (Phi) is 19.8. The standard InChI is InChI=1S/C22H28F5N2.C6H14.2C2H6/c1-15-7-5-4-6-11-29(3,12-10-16(2)28)21(15)19-9-8-18(22(25,26)27)13-17(19)14-20(23)24;1-4-6(3)5-2;2*1-2/h4-5,7-10,13,20-21H,6,11-12,14,28H2,1-3H3;6H,4-5H2,1-3H3;2*1-2H3/q+1;;;/b5-4-,15-7+,16-10+;;;. The van der Waals surface area contributed by atoms with E-state index in [1.807, 2.05) is 66.0 Å². The minimum atomic E-state index is -4.58. The van der Waals surface area contributed by atoms with Crippen LogP contribution in [0.25, 0.3) is 0 Å². The van der Waals surface area contributed by atoms with Crippen LogP contribution in [0.4, 0.5) is 22.0 Å². The van der Waals surface area contributed by atoms with Crippen LogP contribution < -0.4 is 5.73 Å². The molecule has 0 radical (unpaired) electrons. The molecule has 2 atom stereocenters. The molecule has 39 heavy (non-hydrogen) atoms. The maximum atomic E-state index is 13.2. The van der Waals surface area contributed by atoms with Crippen LogP contribution in [0.15, 0.2) is 53.8 Å². The highest BCUT2D eigenvalue weighted by molar-refractivity contribution is 5.39. The molecule has 1 aliphatic rings. The minimum Gasteiger partial charge on any atom is -0.402 e. The molecule has 2 rings (SSSR count). The first-order valence-electron chi connectivity index (χ1n) is 14.3. The summed E-state index contributed by atoms with van der Waals surface area (Å²) in [6.07, 6.45) is 3.11. The number of nitrogens with two attached hydrogens (primary N) is 1. The number of hydrogen-bond donors (Lipinski definition) is 1. The fourth-order valence-corrected chi connectivity index (χ4v) is 4.21. The zero-order valence-corrected chi connectivity index (χ0v) is 25.9. The topological polar surface area (TPSA) is 26.0 Å². The average Bonchev–Trinajstić information content (AvgIpc) is 2.88. The fourth-order valence-electron chi connectivity index (χ4n) is 4.21. The first-order chi connectivity index (χ1) is 18.2. The van der Waals surface area contributed by atoms with Gasteiger partial charge in [0.15, 0.2) is 0 Å². The van der Waals surface area contributed by atoms with Crippen molar-refractivity contribution < 1.29 is 26.4 Å². The highest BCUT2D eigenvalue weighted by Crippen LogP contribution is 2.40. The van der Waals surface area contributed by atoms with E-state index in [-0.39, 0.29) is 11.6 Å². The summed E-state index contributed by atoms with van der Waals surface area (Å²) < 4.78 is 66.5. The van der Waals surface area contributed by atoms with Gasteiger partial charge in [0.05, 0.1) is 25.7 Å². The summed E-state index contributed by atoms with van der Waals surface area (Å²) in [6, 6.07) is 2.87. The van der Waals surface area contributed by atoms with Crippen LogP contribution in [0, 0.1) is 5.92 Å². The molecule has 2 N–H and O–H groups in total. The lowest BCUT2D eigenvalue weighted by Gasteiger charge is -2.43. The predicted octanol–water partition coefficient (Wildman–Crippen LogP) is 10.3. The van der Waals surface area contributed by atoms with Crippen molar-refractivity contribution >= 4 is 0 Å². The van der Waals surface area contributed by atoms with Crippen molar-refractivity contribution in [2.45, 2.75) is 107 Å². The molecule has 1 aromatic carbocycles. The van der Waals surface area contributed by atoms with Gasteiger partial charge < -0.3 is 10.2 Å². The Balaban J connectivity index is 0. The zero-order valence-electron chi connectivity index (χ0n) is 25.9. The molecule has 0 saturated heterocycles.